The third-order valence-electron chi connectivity index (χ3n) is 5.46. The first-order valence-electron chi connectivity index (χ1n) is 7.58. The zero-order valence-electron chi connectivity index (χ0n) is 11.8. The van der Waals surface area contributed by atoms with Gasteiger partial charge < -0.3 is 0 Å². The van der Waals surface area contributed by atoms with Gasteiger partial charge in [0.25, 0.3) is 0 Å². The van der Waals surface area contributed by atoms with E-state index in [0.29, 0.717) is 17.5 Å². The first-order chi connectivity index (χ1) is 10.7. The molecule has 3 fully saturated rings. The quantitative estimate of drug-likeness (QED) is 0.451. The van der Waals surface area contributed by atoms with E-state index in [4.69, 9.17) is 6.42 Å². The molecule has 1 aliphatic heterocycles. The summed E-state index contributed by atoms with van der Waals surface area (Å²) in [5.41, 5.74) is 1.35. The topological polar surface area (TPSA) is 37.4 Å². The van der Waals surface area contributed by atoms with E-state index in [2.05, 4.69) is 18.1 Å². The number of hydrogen-bond acceptors (Lipinski definition) is 2. The van der Waals surface area contributed by atoms with E-state index in [0.717, 1.165) is 23.8 Å². The van der Waals surface area contributed by atoms with Crippen molar-refractivity contribution in [2.45, 2.75) is 6.42 Å². The number of anilines is 1. The Balaban J connectivity index is 1.56. The van der Waals surface area contributed by atoms with E-state index < -0.39 is 0 Å². The van der Waals surface area contributed by atoms with Crippen molar-refractivity contribution in [1.82, 2.24) is 0 Å². The van der Waals surface area contributed by atoms with Crippen molar-refractivity contribution < 1.29 is 9.59 Å². The average molecular weight is 287 g/mol. The molecule has 0 N–H and O–H groups in total. The molecule has 2 bridgehead atoms. The number of imide groups is 1. The van der Waals surface area contributed by atoms with Crippen LogP contribution in [0.15, 0.2) is 36.4 Å². The number of carbonyl (C=O) groups is 2. The van der Waals surface area contributed by atoms with E-state index in [-0.39, 0.29) is 23.7 Å². The van der Waals surface area contributed by atoms with Crippen molar-refractivity contribution in [3.05, 3.63) is 53.8 Å². The van der Waals surface area contributed by atoms with Crippen LogP contribution in [-0.4, -0.2) is 11.8 Å². The zero-order chi connectivity index (χ0) is 15.0. The fourth-order valence-corrected chi connectivity index (χ4v) is 4.36. The molecule has 4 atom stereocenters. The Morgan fingerprint density at radius 1 is 0.955 bits per heavy atom. The molecule has 1 aromatic rings. The molecule has 3 heteroatoms. The first kappa shape index (κ1) is 12.2. The summed E-state index contributed by atoms with van der Waals surface area (Å²) in [5.74, 6) is 5.21. The molecule has 3 nitrogen and oxygen atoms in total. The standard InChI is InChI=1S/C19H13NO2/c1-2-10-3-5-11(6-4-10)20-18(21)16-12-7-8-13(15-9-14(12)15)17(16)19(20)22/h1,3-8,12-15H,9H2/t12-,13+,14?,15?. The van der Waals surface area contributed by atoms with Crippen LogP contribution >= 0.6 is 0 Å². The molecule has 5 aliphatic rings. The van der Waals surface area contributed by atoms with Crippen molar-refractivity contribution >= 4 is 17.5 Å². The minimum Gasteiger partial charge on any atom is -0.273 e. The van der Waals surface area contributed by atoms with Gasteiger partial charge in [0.15, 0.2) is 0 Å². The lowest BCUT2D eigenvalue weighted by molar-refractivity contribution is -0.120. The molecule has 1 saturated heterocycles. The van der Waals surface area contributed by atoms with Gasteiger partial charge in [0, 0.05) is 5.56 Å². The van der Waals surface area contributed by atoms with Gasteiger partial charge in [-0.3, -0.25) is 9.59 Å². The van der Waals surface area contributed by atoms with E-state index >= 15 is 0 Å². The van der Waals surface area contributed by atoms with Crippen LogP contribution in [0.25, 0.3) is 0 Å². The Morgan fingerprint density at radius 2 is 1.50 bits per heavy atom. The normalized spacial score (nSPS) is 35.5. The highest BCUT2D eigenvalue weighted by molar-refractivity contribution is 6.34. The number of amides is 2. The maximum absolute atomic E-state index is 12.8. The second kappa shape index (κ2) is 3.89. The summed E-state index contributed by atoms with van der Waals surface area (Å²) in [6.45, 7) is 0. The average Bonchev–Trinajstić information content (AvgIpc) is 3.32. The molecule has 6 rings (SSSR count). The van der Waals surface area contributed by atoms with E-state index in [9.17, 15) is 9.59 Å². The molecule has 2 unspecified atom stereocenters. The second-order valence-corrected chi connectivity index (χ2v) is 6.46. The van der Waals surface area contributed by atoms with Crippen molar-refractivity contribution in [2.75, 3.05) is 4.90 Å². The molecule has 2 radical (unpaired) electrons. The van der Waals surface area contributed by atoms with Crippen LogP contribution < -0.4 is 4.90 Å². The van der Waals surface area contributed by atoms with Crippen LogP contribution in [-0.2, 0) is 9.59 Å². The minimum atomic E-state index is -0.141. The van der Waals surface area contributed by atoms with Crippen LogP contribution in [0, 0.1) is 47.9 Å². The molecule has 0 aromatic heterocycles. The molecule has 1 heterocycles. The third kappa shape index (κ3) is 1.33. The molecule has 1 aromatic carbocycles. The van der Waals surface area contributed by atoms with Gasteiger partial charge >= 0.3 is 0 Å². The molecule has 106 valence electrons. The summed E-state index contributed by atoms with van der Waals surface area (Å²) >= 11 is 0. The summed E-state index contributed by atoms with van der Waals surface area (Å²) in [4.78, 5) is 27.0. The summed E-state index contributed by atoms with van der Waals surface area (Å²) in [6.07, 6.45) is 10.8. The van der Waals surface area contributed by atoms with Crippen molar-refractivity contribution in [2.24, 2.45) is 23.7 Å². The minimum absolute atomic E-state index is 0.141. The van der Waals surface area contributed by atoms with Crippen LogP contribution in [0.1, 0.15) is 12.0 Å². The SMILES string of the molecule is C#Cc1ccc(N2C(=O)[C]3[C](C2=O)[C@@H]2C=C[C@H]3C3CC32)cc1. The van der Waals surface area contributed by atoms with Crippen molar-refractivity contribution in [3.8, 4) is 12.3 Å². The van der Waals surface area contributed by atoms with Gasteiger partial charge in [-0.2, -0.15) is 0 Å². The van der Waals surface area contributed by atoms with Gasteiger partial charge in [-0.25, -0.2) is 4.90 Å². The maximum Gasteiger partial charge on any atom is 0.242 e. The van der Waals surface area contributed by atoms with Gasteiger partial charge in [-0.1, -0.05) is 18.1 Å². The lowest BCUT2D eigenvalue weighted by atomic mass is 9.63. The summed E-state index contributed by atoms with van der Waals surface area (Å²) in [5, 5.41) is 0. The lowest BCUT2D eigenvalue weighted by Crippen LogP contribution is -2.37. The highest BCUT2D eigenvalue weighted by atomic mass is 16.2. The monoisotopic (exact) mass is 287 g/mol. The van der Waals surface area contributed by atoms with E-state index in [1.807, 2.05) is 0 Å². The number of benzene rings is 1. The zero-order valence-corrected chi connectivity index (χ0v) is 11.8. The van der Waals surface area contributed by atoms with Crippen LogP contribution in [0.2, 0.25) is 0 Å². The summed E-state index contributed by atoms with van der Waals surface area (Å²) in [7, 11) is 0. The molecular weight excluding hydrogens is 274 g/mol. The van der Waals surface area contributed by atoms with Crippen molar-refractivity contribution in [3.63, 3.8) is 0 Å². The Bertz CT molecular complexity index is 734. The first-order valence-corrected chi connectivity index (χ1v) is 7.58. The number of rotatable bonds is 1. The highest BCUT2D eigenvalue weighted by Crippen LogP contribution is 2.67. The van der Waals surface area contributed by atoms with Gasteiger partial charge in [0.2, 0.25) is 11.8 Å². The molecule has 4 aliphatic carbocycles. The molecule has 22 heavy (non-hydrogen) atoms. The van der Waals surface area contributed by atoms with Gasteiger partial charge in [-0.15, -0.1) is 6.42 Å². The lowest BCUT2D eigenvalue weighted by Gasteiger charge is -2.36. The number of allylic oxidation sites excluding steroid dienone is 2. The summed E-state index contributed by atoms with van der Waals surface area (Å²) < 4.78 is 0. The molecular formula is C19H13NO2. The maximum atomic E-state index is 12.8. The molecule has 2 amide bonds. The Hall–Kier alpha value is -2.34. The fraction of sp³-hybridized carbons (Fsp3) is 0.263. The Kier molecular flexibility index (Phi) is 2.16. The number of nitrogens with zero attached hydrogens (tertiary/aromatic N) is 1. The fourth-order valence-electron chi connectivity index (χ4n) is 4.36. The highest BCUT2D eigenvalue weighted by Gasteiger charge is 2.68. The molecule has 2 saturated carbocycles. The second-order valence-electron chi connectivity index (χ2n) is 6.46. The Labute approximate surface area is 129 Å². The number of hydrogen-bond donors (Lipinski definition) is 0. The largest absolute Gasteiger partial charge is 0.273 e. The van der Waals surface area contributed by atoms with E-state index in [1.165, 1.54) is 4.90 Å². The predicted molar refractivity (Wildman–Crippen MR) is 81.1 cm³/mol. The van der Waals surface area contributed by atoms with Crippen molar-refractivity contribution in [1.29, 1.82) is 0 Å². The summed E-state index contributed by atoms with van der Waals surface area (Å²) in [6, 6.07) is 7.02. The van der Waals surface area contributed by atoms with Gasteiger partial charge in [-0.05, 0) is 54.4 Å². The Morgan fingerprint density at radius 3 is 2.00 bits per heavy atom. The molecule has 0 spiro atoms. The van der Waals surface area contributed by atoms with Crippen LogP contribution in [0.5, 0.6) is 0 Å². The van der Waals surface area contributed by atoms with E-state index in [1.54, 1.807) is 24.3 Å². The third-order valence-corrected chi connectivity index (χ3v) is 5.46. The van der Waals surface area contributed by atoms with Crippen LogP contribution in [0.4, 0.5) is 5.69 Å². The number of terminal acetylenes is 1. The van der Waals surface area contributed by atoms with Gasteiger partial charge in [0.05, 0.1) is 17.5 Å². The predicted octanol–water partition coefficient (Wildman–Crippen LogP) is 2.14. The smallest absolute Gasteiger partial charge is 0.242 e. The number of carbonyl (C=O) groups excluding carboxylic acids is 2. The van der Waals surface area contributed by atoms with Gasteiger partial charge in [0.1, 0.15) is 0 Å². The van der Waals surface area contributed by atoms with Crippen LogP contribution in [0.3, 0.4) is 0 Å².